The third-order valence-electron chi connectivity index (χ3n) is 12.9. The van der Waals surface area contributed by atoms with E-state index in [9.17, 15) is 65.3 Å². The number of amides is 2. The lowest BCUT2D eigenvalue weighted by molar-refractivity contribution is -0.438. The van der Waals surface area contributed by atoms with Crippen LogP contribution in [-0.4, -0.2) is 140 Å². The van der Waals surface area contributed by atoms with Crippen molar-refractivity contribution in [2.75, 3.05) is 55.8 Å². The van der Waals surface area contributed by atoms with E-state index in [1.807, 2.05) is 73.6 Å². The molecule has 0 saturated heterocycles. The number of esters is 2. The number of carbonyl (C=O) groups excluding carboxylic acids is 4. The molecule has 2 aliphatic heterocycles. The summed E-state index contributed by atoms with van der Waals surface area (Å²) in [5.41, 5.74) is 3.92. The van der Waals surface area contributed by atoms with E-state index >= 15 is 0 Å². The Bertz CT molecular complexity index is 3370. The molecule has 6 rings (SSSR count). The van der Waals surface area contributed by atoms with Crippen molar-refractivity contribution in [3.05, 3.63) is 152 Å². The highest BCUT2D eigenvalue weighted by molar-refractivity contribution is 7.86. The molecule has 2 aliphatic rings. The predicted octanol–water partition coefficient (Wildman–Crippen LogP) is 4.90. The highest BCUT2D eigenvalue weighted by atomic mass is 32.2. The van der Waals surface area contributed by atoms with Gasteiger partial charge in [-0.3, -0.25) is 18.7 Å². The summed E-state index contributed by atoms with van der Waals surface area (Å²) >= 11 is 0. The van der Waals surface area contributed by atoms with Gasteiger partial charge in [0.25, 0.3) is 32.1 Å². The van der Waals surface area contributed by atoms with Gasteiger partial charge in [-0.15, -0.1) is 0 Å². The molecule has 4 aromatic rings. The normalized spacial score (nSPS) is 15.3. The minimum Gasteiger partial charge on any atom is -0.460 e. The molecule has 4 heterocycles. The molecule has 0 atom stereocenters. The van der Waals surface area contributed by atoms with Gasteiger partial charge >= 0.3 is 23.8 Å². The molecule has 4 N–H and O–H groups in total. The van der Waals surface area contributed by atoms with Crippen LogP contribution in [0.5, 0.6) is 0 Å². The van der Waals surface area contributed by atoms with Crippen LogP contribution in [-0.2, 0) is 63.2 Å². The Morgan fingerprint density at radius 2 is 1.20 bits per heavy atom. The molecule has 79 heavy (non-hydrogen) atoms. The number of nitro groups is 2. The molecule has 0 aliphatic carbocycles. The van der Waals surface area contributed by atoms with Gasteiger partial charge in [0, 0.05) is 47.5 Å². The number of fused-ring (bicyclic) bond motifs is 2. The Balaban J connectivity index is 1.12. The summed E-state index contributed by atoms with van der Waals surface area (Å²) in [5, 5.41) is 27.4. The fourth-order valence-electron chi connectivity index (χ4n) is 9.13. The molecule has 0 radical (unpaired) electrons. The standard InChI is InChI=1S/C51H60N10O16S2/c1-50(2)38-32-36(46(64)76-28-22-52-44(62)34-56-26-20-54-48(56)60(66)67)16-18-40(38)58(24-10-12-30-78(70,71)72)42(50)14-8-6-5-7-9-15-43-51(3,4)39-33-37(17-19-41(39)59(43)25-11-13-31-79(73,74)75)47(65)77-29-23-53-45(63)35-57-27-21-55-49(57)61(68)69/h5-9,14-21,26-27,32-33H,10-13,22-25,28-31,34-35H2,1-4H3,(H3-,52,53,62,63,70,71,72,73,74,75)/p+1. The number of aromatic nitrogens is 4. The number of ether oxygens (including phenoxy) is 2. The molecule has 0 unspecified atom stereocenters. The van der Waals surface area contributed by atoms with E-state index in [4.69, 9.17) is 9.47 Å². The molecule has 26 nitrogen and oxygen atoms in total. The summed E-state index contributed by atoms with van der Waals surface area (Å²) in [5.74, 6) is -4.20. The van der Waals surface area contributed by atoms with Crippen molar-refractivity contribution in [3.8, 4) is 0 Å². The van der Waals surface area contributed by atoms with E-state index < -0.39 is 88.1 Å². The average Bonchev–Trinajstić information content (AvgIpc) is 3.97. The summed E-state index contributed by atoms with van der Waals surface area (Å²) in [6, 6.07) is 10.2. The maximum absolute atomic E-state index is 13.2. The van der Waals surface area contributed by atoms with Crippen LogP contribution in [0, 0.1) is 20.2 Å². The number of allylic oxidation sites excluding steroid dienone is 8. The van der Waals surface area contributed by atoms with E-state index in [0.29, 0.717) is 25.9 Å². The van der Waals surface area contributed by atoms with Gasteiger partial charge in [-0.25, -0.2) is 18.7 Å². The maximum atomic E-state index is 13.2. The van der Waals surface area contributed by atoms with Crippen LogP contribution < -0.4 is 15.5 Å². The minimum atomic E-state index is -4.18. The van der Waals surface area contributed by atoms with Gasteiger partial charge in [0.1, 0.15) is 44.5 Å². The maximum Gasteiger partial charge on any atom is 0.435 e. The molecule has 2 amide bonds. The number of unbranched alkanes of at least 4 members (excludes halogenated alkanes) is 2. The van der Waals surface area contributed by atoms with E-state index in [1.54, 1.807) is 42.5 Å². The monoisotopic (exact) mass is 1130 g/mol. The van der Waals surface area contributed by atoms with Crippen molar-refractivity contribution < 1.29 is 69.0 Å². The first-order valence-corrected chi connectivity index (χ1v) is 28.0. The largest absolute Gasteiger partial charge is 0.460 e. The van der Waals surface area contributed by atoms with Crippen LogP contribution in [0.15, 0.2) is 109 Å². The summed E-state index contributed by atoms with van der Waals surface area (Å²) in [6.07, 6.45) is 19.1. The van der Waals surface area contributed by atoms with E-state index in [0.717, 1.165) is 43.0 Å². The van der Waals surface area contributed by atoms with Gasteiger partial charge in [-0.2, -0.15) is 21.4 Å². The quantitative estimate of drug-likeness (QED) is 0.0112. The predicted molar refractivity (Wildman–Crippen MR) is 287 cm³/mol. The summed E-state index contributed by atoms with van der Waals surface area (Å²) in [6.45, 7) is 7.49. The lowest BCUT2D eigenvalue weighted by atomic mass is 9.81. The van der Waals surface area contributed by atoms with Crippen LogP contribution in [0.25, 0.3) is 0 Å². The Hall–Kier alpha value is -8.21. The van der Waals surface area contributed by atoms with E-state index in [1.165, 1.54) is 24.8 Å². The Morgan fingerprint density at radius 1 is 0.696 bits per heavy atom. The highest BCUT2D eigenvalue weighted by Gasteiger charge is 2.45. The molecular formula is C51H61N10O16S2+. The Labute approximate surface area is 455 Å². The fourth-order valence-corrected chi connectivity index (χ4v) is 10.3. The van der Waals surface area contributed by atoms with Crippen LogP contribution in [0.2, 0.25) is 0 Å². The smallest absolute Gasteiger partial charge is 0.435 e. The Morgan fingerprint density at radius 3 is 1.75 bits per heavy atom. The Kier molecular flexibility index (Phi) is 19.7. The van der Waals surface area contributed by atoms with Crippen molar-refractivity contribution in [3.63, 3.8) is 0 Å². The third-order valence-corrected chi connectivity index (χ3v) is 14.5. The number of carbonyl (C=O) groups is 4. The molecule has 28 heteroatoms. The van der Waals surface area contributed by atoms with Crippen molar-refractivity contribution in [2.24, 2.45) is 0 Å². The van der Waals surface area contributed by atoms with Gasteiger partial charge in [-0.1, -0.05) is 54.2 Å². The molecule has 0 saturated carbocycles. The zero-order valence-corrected chi connectivity index (χ0v) is 45.4. The third kappa shape index (κ3) is 16.0. The molecule has 0 fully saturated rings. The number of nitrogens with zero attached hydrogens (tertiary/aromatic N) is 8. The molecule has 422 valence electrons. The second kappa shape index (κ2) is 26.0. The first kappa shape index (κ1) is 60.0. The molecule has 2 aromatic heterocycles. The van der Waals surface area contributed by atoms with Gasteiger partial charge in [0.15, 0.2) is 18.8 Å². The van der Waals surface area contributed by atoms with Crippen LogP contribution in [0.4, 0.5) is 23.3 Å². The van der Waals surface area contributed by atoms with Crippen molar-refractivity contribution in [1.82, 2.24) is 29.7 Å². The molecule has 0 bridgehead atoms. The summed E-state index contributed by atoms with van der Waals surface area (Å²) in [7, 11) is -8.36. The van der Waals surface area contributed by atoms with Crippen molar-refractivity contribution >= 4 is 73.0 Å². The first-order valence-electron chi connectivity index (χ1n) is 24.8. The number of benzene rings is 2. The molecular weight excluding hydrogens is 1070 g/mol. The number of hydrogen-bond donors (Lipinski definition) is 4. The second-order valence-corrected chi connectivity index (χ2v) is 22.4. The van der Waals surface area contributed by atoms with Crippen LogP contribution in [0.1, 0.15) is 85.2 Å². The van der Waals surface area contributed by atoms with E-state index in [2.05, 4.69) is 20.6 Å². The van der Waals surface area contributed by atoms with Crippen LogP contribution in [0.3, 0.4) is 0 Å². The molecule has 2 aromatic carbocycles. The number of imidazole rings is 2. The minimum absolute atomic E-state index is 0.0546. The highest BCUT2D eigenvalue weighted by Crippen LogP contribution is 2.48. The van der Waals surface area contributed by atoms with Crippen molar-refractivity contribution in [1.29, 1.82) is 0 Å². The lowest BCUT2D eigenvalue weighted by Gasteiger charge is -2.27. The molecule has 0 spiro atoms. The van der Waals surface area contributed by atoms with Crippen LogP contribution >= 0.6 is 0 Å². The SMILES string of the molecule is CC1(C)C(=CC=CC=CC=CC2=[N+](CCCCS(=O)(=O)O)c3ccc(C(=O)OCCNC(=O)Cn4ccnc4[N+](=O)[O-])cc3C2(C)C)N(CCCCS(=O)(=O)O)c2ccc(C(=O)OCCNC(=O)Cn3ccnc3[N+](=O)[O-])cc21. The fraction of sp³-hybridized carbons (Fsp3) is 0.392. The number of rotatable bonds is 28. The second-order valence-electron chi connectivity index (χ2n) is 19.3. The zero-order chi connectivity index (χ0) is 57.7. The average molecular weight is 1130 g/mol. The van der Waals surface area contributed by atoms with Gasteiger partial charge in [0.05, 0.1) is 41.1 Å². The van der Waals surface area contributed by atoms with Gasteiger partial charge in [-0.05, 0) is 84.9 Å². The number of anilines is 1. The lowest BCUT2D eigenvalue weighted by Crippen LogP contribution is -2.31. The topological polar surface area (TPSA) is 348 Å². The van der Waals surface area contributed by atoms with Crippen molar-refractivity contribution in [2.45, 2.75) is 77.3 Å². The number of nitrogens with one attached hydrogen (secondary N) is 2. The van der Waals surface area contributed by atoms with E-state index in [-0.39, 0.29) is 63.4 Å². The first-order chi connectivity index (χ1) is 37.3. The van der Waals surface area contributed by atoms with Gasteiger partial charge in [0.2, 0.25) is 5.69 Å². The zero-order valence-electron chi connectivity index (χ0n) is 43.7. The van der Waals surface area contributed by atoms with Gasteiger partial charge < -0.3 is 45.2 Å². The summed E-state index contributed by atoms with van der Waals surface area (Å²) in [4.78, 5) is 81.3. The number of hydrogen-bond acceptors (Lipinski definition) is 17. The summed E-state index contributed by atoms with van der Waals surface area (Å²) < 4.78 is 79.8.